The number of fused-ring (bicyclic) bond motifs is 1. The van der Waals surface area contributed by atoms with Gasteiger partial charge in [-0.15, -0.1) is 0 Å². The van der Waals surface area contributed by atoms with E-state index in [0.717, 1.165) is 10.8 Å². The summed E-state index contributed by atoms with van der Waals surface area (Å²) in [6.45, 7) is 3.35. The molecule has 0 unspecified atom stereocenters. The lowest BCUT2D eigenvalue weighted by atomic mass is 10.0. The highest BCUT2D eigenvalue weighted by Crippen LogP contribution is 2.24. The molecule has 0 aliphatic heterocycles. The molecule has 1 heterocycles. The van der Waals surface area contributed by atoms with Crippen LogP contribution in [0.4, 0.5) is 0 Å². The molecule has 1 aromatic heterocycles. The van der Waals surface area contributed by atoms with Crippen LogP contribution in [0.3, 0.4) is 0 Å². The van der Waals surface area contributed by atoms with Crippen LogP contribution in [0.1, 0.15) is 24.2 Å². The number of nitrogens with one attached hydrogen (secondary N) is 1. The standard InChI is InChI=1S/C14H15ClN2O2/c1-14(2,8-18)17-13(19)11-7-16-12(15)10-6-4-3-5-9(10)11/h3-7,18H,8H2,1-2H3,(H,17,19). The Kier molecular flexibility index (Phi) is 3.73. The second kappa shape index (κ2) is 5.15. The van der Waals surface area contributed by atoms with Gasteiger partial charge in [-0.2, -0.15) is 0 Å². The smallest absolute Gasteiger partial charge is 0.253 e. The van der Waals surface area contributed by atoms with Gasteiger partial charge < -0.3 is 10.4 Å². The second-order valence-corrected chi connectivity index (χ2v) is 5.36. The molecular weight excluding hydrogens is 264 g/mol. The van der Waals surface area contributed by atoms with Crippen LogP contribution in [0.5, 0.6) is 0 Å². The summed E-state index contributed by atoms with van der Waals surface area (Å²) in [7, 11) is 0. The average Bonchev–Trinajstić information content (AvgIpc) is 2.39. The number of aliphatic hydroxyl groups excluding tert-OH is 1. The van der Waals surface area contributed by atoms with E-state index in [2.05, 4.69) is 10.3 Å². The largest absolute Gasteiger partial charge is 0.394 e. The van der Waals surface area contributed by atoms with Crippen molar-refractivity contribution in [2.24, 2.45) is 0 Å². The molecule has 2 N–H and O–H groups in total. The molecule has 2 rings (SSSR count). The van der Waals surface area contributed by atoms with Crippen LogP contribution in [0.25, 0.3) is 10.8 Å². The number of aliphatic hydroxyl groups is 1. The summed E-state index contributed by atoms with van der Waals surface area (Å²) in [6, 6.07) is 7.32. The van der Waals surface area contributed by atoms with Gasteiger partial charge in [-0.1, -0.05) is 35.9 Å². The maximum absolute atomic E-state index is 12.2. The first-order valence-corrected chi connectivity index (χ1v) is 6.29. The van der Waals surface area contributed by atoms with Gasteiger partial charge in [0.05, 0.1) is 17.7 Å². The van der Waals surface area contributed by atoms with Gasteiger partial charge in [0.25, 0.3) is 5.91 Å². The van der Waals surface area contributed by atoms with Gasteiger partial charge in [-0.25, -0.2) is 4.98 Å². The van der Waals surface area contributed by atoms with E-state index in [1.807, 2.05) is 24.3 Å². The molecule has 0 atom stereocenters. The summed E-state index contributed by atoms with van der Waals surface area (Å²) >= 11 is 6.01. The Morgan fingerprint density at radius 3 is 2.63 bits per heavy atom. The minimum atomic E-state index is -0.683. The topological polar surface area (TPSA) is 62.2 Å². The van der Waals surface area contributed by atoms with E-state index in [1.54, 1.807) is 13.8 Å². The van der Waals surface area contributed by atoms with Crippen molar-refractivity contribution in [1.82, 2.24) is 10.3 Å². The SMILES string of the molecule is CC(C)(CO)NC(=O)c1cnc(Cl)c2ccccc12. The van der Waals surface area contributed by atoms with Crippen LogP contribution in [0.15, 0.2) is 30.5 Å². The summed E-state index contributed by atoms with van der Waals surface area (Å²) < 4.78 is 0. The van der Waals surface area contributed by atoms with Crippen molar-refractivity contribution in [3.05, 3.63) is 41.2 Å². The van der Waals surface area contributed by atoms with E-state index >= 15 is 0 Å². The maximum Gasteiger partial charge on any atom is 0.253 e. The molecule has 0 radical (unpaired) electrons. The molecule has 0 spiro atoms. The third kappa shape index (κ3) is 2.85. The number of amides is 1. The van der Waals surface area contributed by atoms with E-state index < -0.39 is 5.54 Å². The molecule has 0 aliphatic rings. The second-order valence-electron chi connectivity index (χ2n) is 5.00. The Hall–Kier alpha value is -1.65. The lowest BCUT2D eigenvalue weighted by molar-refractivity contribution is 0.0870. The zero-order valence-corrected chi connectivity index (χ0v) is 11.5. The van der Waals surface area contributed by atoms with Crippen LogP contribution in [-0.4, -0.2) is 28.1 Å². The molecule has 0 aliphatic carbocycles. The fourth-order valence-corrected chi connectivity index (χ4v) is 1.97. The molecule has 19 heavy (non-hydrogen) atoms. The number of hydrogen-bond donors (Lipinski definition) is 2. The monoisotopic (exact) mass is 278 g/mol. The van der Waals surface area contributed by atoms with Crippen molar-refractivity contribution in [2.45, 2.75) is 19.4 Å². The third-order valence-electron chi connectivity index (χ3n) is 2.84. The van der Waals surface area contributed by atoms with Gasteiger partial charge in [-0.3, -0.25) is 4.79 Å². The summed E-state index contributed by atoms with van der Waals surface area (Å²) in [4.78, 5) is 16.3. The van der Waals surface area contributed by atoms with E-state index in [4.69, 9.17) is 11.6 Å². The predicted octanol–water partition coefficient (Wildman–Crippen LogP) is 2.39. The van der Waals surface area contributed by atoms with Crippen molar-refractivity contribution < 1.29 is 9.90 Å². The third-order valence-corrected chi connectivity index (χ3v) is 3.14. The number of nitrogens with zero attached hydrogens (tertiary/aromatic N) is 1. The zero-order chi connectivity index (χ0) is 14.0. The van der Waals surface area contributed by atoms with E-state index in [1.165, 1.54) is 6.20 Å². The van der Waals surface area contributed by atoms with Gasteiger partial charge in [0, 0.05) is 11.6 Å². The first-order valence-electron chi connectivity index (χ1n) is 5.91. The first-order chi connectivity index (χ1) is 8.94. The molecular formula is C14H15ClN2O2. The predicted molar refractivity (Wildman–Crippen MR) is 75.4 cm³/mol. The minimum Gasteiger partial charge on any atom is -0.394 e. The number of carbonyl (C=O) groups excluding carboxylic acids is 1. The number of aromatic nitrogens is 1. The van der Waals surface area contributed by atoms with Crippen molar-refractivity contribution in [2.75, 3.05) is 6.61 Å². The van der Waals surface area contributed by atoms with Crippen LogP contribution < -0.4 is 5.32 Å². The zero-order valence-electron chi connectivity index (χ0n) is 10.8. The molecule has 1 aromatic carbocycles. The molecule has 5 heteroatoms. The van der Waals surface area contributed by atoms with Gasteiger partial charge in [0.2, 0.25) is 0 Å². The molecule has 4 nitrogen and oxygen atoms in total. The number of carbonyl (C=O) groups is 1. The Morgan fingerprint density at radius 1 is 1.37 bits per heavy atom. The summed E-state index contributed by atoms with van der Waals surface area (Å²) in [5, 5.41) is 13.8. The van der Waals surface area contributed by atoms with Gasteiger partial charge >= 0.3 is 0 Å². The fraction of sp³-hybridized carbons (Fsp3) is 0.286. The summed E-state index contributed by atoms with van der Waals surface area (Å²) in [6.07, 6.45) is 1.45. The van der Waals surface area contributed by atoms with Crippen LogP contribution in [-0.2, 0) is 0 Å². The lowest BCUT2D eigenvalue weighted by Crippen LogP contribution is -2.46. The van der Waals surface area contributed by atoms with Crippen molar-refractivity contribution >= 4 is 28.3 Å². The van der Waals surface area contributed by atoms with E-state index in [9.17, 15) is 9.90 Å². The van der Waals surface area contributed by atoms with Gasteiger partial charge in [-0.05, 0) is 19.2 Å². The molecule has 1 amide bonds. The minimum absolute atomic E-state index is 0.141. The number of hydrogen-bond acceptors (Lipinski definition) is 3. The molecule has 0 saturated heterocycles. The van der Waals surface area contributed by atoms with Crippen LogP contribution in [0, 0.1) is 0 Å². The quantitative estimate of drug-likeness (QED) is 0.848. The van der Waals surface area contributed by atoms with Gasteiger partial charge in [0.15, 0.2) is 0 Å². The van der Waals surface area contributed by atoms with Gasteiger partial charge in [0.1, 0.15) is 5.15 Å². The average molecular weight is 279 g/mol. The molecule has 100 valence electrons. The highest BCUT2D eigenvalue weighted by atomic mass is 35.5. The van der Waals surface area contributed by atoms with Crippen LogP contribution >= 0.6 is 11.6 Å². The molecule has 0 bridgehead atoms. The van der Waals surface area contributed by atoms with Crippen LogP contribution in [0.2, 0.25) is 5.15 Å². The highest BCUT2D eigenvalue weighted by Gasteiger charge is 2.21. The number of rotatable bonds is 3. The molecule has 2 aromatic rings. The Labute approximate surface area is 116 Å². The lowest BCUT2D eigenvalue weighted by Gasteiger charge is -2.23. The Balaban J connectivity index is 2.46. The van der Waals surface area contributed by atoms with E-state index in [0.29, 0.717) is 10.7 Å². The Morgan fingerprint density at radius 2 is 2.00 bits per heavy atom. The molecule has 0 fully saturated rings. The number of benzene rings is 1. The van der Waals surface area contributed by atoms with Crippen molar-refractivity contribution in [1.29, 1.82) is 0 Å². The number of halogens is 1. The fourth-order valence-electron chi connectivity index (χ4n) is 1.75. The summed E-state index contributed by atoms with van der Waals surface area (Å²) in [5.74, 6) is -0.278. The first kappa shape index (κ1) is 13.8. The van der Waals surface area contributed by atoms with E-state index in [-0.39, 0.29) is 12.5 Å². The molecule has 0 saturated carbocycles. The normalized spacial score (nSPS) is 11.6. The summed E-state index contributed by atoms with van der Waals surface area (Å²) in [5.41, 5.74) is -0.237. The number of pyridine rings is 1. The maximum atomic E-state index is 12.2. The van der Waals surface area contributed by atoms with Crippen molar-refractivity contribution in [3.8, 4) is 0 Å². The highest BCUT2D eigenvalue weighted by molar-refractivity contribution is 6.34. The Bertz CT molecular complexity index is 626. The van der Waals surface area contributed by atoms with Crippen molar-refractivity contribution in [3.63, 3.8) is 0 Å².